The van der Waals surface area contributed by atoms with E-state index >= 15 is 0 Å². The highest BCUT2D eigenvalue weighted by Crippen LogP contribution is 2.28. The second kappa shape index (κ2) is 8.47. The van der Waals surface area contributed by atoms with E-state index in [9.17, 15) is 0 Å². The molecule has 0 aliphatic carbocycles. The fourth-order valence-corrected chi connectivity index (χ4v) is 3.03. The van der Waals surface area contributed by atoms with E-state index in [1.807, 2.05) is 42.6 Å². The van der Waals surface area contributed by atoms with Crippen LogP contribution in [0.25, 0.3) is 0 Å². The molecule has 0 aromatic heterocycles. The Bertz CT molecular complexity index is 756. The number of hydrogen-bond donors (Lipinski definition) is 0. The first-order valence-corrected chi connectivity index (χ1v) is 8.64. The normalized spacial score (nSPS) is 14.6. The molecule has 2 aromatic rings. The molecule has 0 spiro atoms. The lowest BCUT2D eigenvalue weighted by atomic mass is 10.2. The van der Waals surface area contributed by atoms with Gasteiger partial charge < -0.3 is 19.1 Å². The summed E-state index contributed by atoms with van der Waals surface area (Å²) in [5, 5.41) is 6.70. The Hall–Kier alpha value is -2.89. The number of rotatable bonds is 6. The van der Waals surface area contributed by atoms with Crippen molar-refractivity contribution in [3.63, 3.8) is 0 Å². The Labute approximate surface area is 154 Å². The summed E-state index contributed by atoms with van der Waals surface area (Å²) in [7, 11) is 5.02. The van der Waals surface area contributed by atoms with Crippen molar-refractivity contribution in [2.24, 2.45) is 5.10 Å². The van der Waals surface area contributed by atoms with Crippen LogP contribution in [-0.2, 0) is 0 Å². The summed E-state index contributed by atoms with van der Waals surface area (Å²) >= 11 is 0. The predicted octanol–water partition coefficient (Wildman–Crippen LogP) is 2.87. The molecule has 1 saturated heterocycles. The van der Waals surface area contributed by atoms with Gasteiger partial charge in [0.2, 0.25) is 0 Å². The first-order chi connectivity index (χ1) is 12.7. The molecule has 1 fully saturated rings. The van der Waals surface area contributed by atoms with Crippen molar-refractivity contribution in [2.75, 3.05) is 52.4 Å². The van der Waals surface area contributed by atoms with Gasteiger partial charge in [0.1, 0.15) is 17.2 Å². The summed E-state index contributed by atoms with van der Waals surface area (Å²) in [5.74, 6) is 2.47. The first-order valence-electron chi connectivity index (χ1n) is 8.64. The zero-order valence-electron chi connectivity index (χ0n) is 15.5. The van der Waals surface area contributed by atoms with E-state index in [1.54, 1.807) is 21.3 Å². The zero-order chi connectivity index (χ0) is 18.4. The molecule has 0 bridgehead atoms. The van der Waals surface area contributed by atoms with Crippen molar-refractivity contribution in [1.82, 2.24) is 5.01 Å². The molecule has 0 saturated carbocycles. The molecule has 26 heavy (non-hydrogen) atoms. The van der Waals surface area contributed by atoms with Crippen LogP contribution < -0.4 is 19.1 Å². The van der Waals surface area contributed by atoms with Crippen LogP contribution in [0.3, 0.4) is 0 Å². The molecule has 0 N–H and O–H groups in total. The van der Waals surface area contributed by atoms with Crippen molar-refractivity contribution in [2.45, 2.75) is 0 Å². The first kappa shape index (κ1) is 17.9. The average molecular weight is 355 g/mol. The third-order valence-electron chi connectivity index (χ3n) is 4.48. The quantitative estimate of drug-likeness (QED) is 0.746. The number of anilines is 1. The summed E-state index contributed by atoms with van der Waals surface area (Å²) in [6, 6.07) is 13.8. The second-order valence-electron chi connectivity index (χ2n) is 5.97. The lowest BCUT2D eigenvalue weighted by Crippen LogP contribution is -2.44. The minimum Gasteiger partial charge on any atom is -0.497 e. The van der Waals surface area contributed by atoms with Gasteiger partial charge in [0.25, 0.3) is 0 Å². The molecule has 0 radical (unpaired) electrons. The standard InChI is InChI=1S/C20H25N3O3/c1-24-17-8-9-19(25-2)16(14-17)15-21-23-12-10-22(11-13-23)18-6-4-5-7-20(18)26-3/h4-9,14-15H,10-13H2,1-3H3/b21-15+. The molecule has 138 valence electrons. The molecule has 6 nitrogen and oxygen atoms in total. The topological polar surface area (TPSA) is 46.5 Å². The molecular weight excluding hydrogens is 330 g/mol. The Morgan fingerprint density at radius 1 is 0.846 bits per heavy atom. The monoisotopic (exact) mass is 355 g/mol. The molecule has 1 aliphatic heterocycles. The van der Waals surface area contributed by atoms with Gasteiger partial charge in [-0.25, -0.2) is 0 Å². The number of benzene rings is 2. The maximum Gasteiger partial charge on any atom is 0.142 e. The predicted molar refractivity (Wildman–Crippen MR) is 104 cm³/mol. The highest BCUT2D eigenvalue weighted by atomic mass is 16.5. The summed E-state index contributed by atoms with van der Waals surface area (Å²) in [6.45, 7) is 3.49. The summed E-state index contributed by atoms with van der Waals surface area (Å²) in [6.07, 6.45) is 1.83. The van der Waals surface area contributed by atoms with Crippen LogP contribution in [0, 0.1) is 0 Å². The van der Waals surface area contributed by atoms with Crippen molar-refractivity contribution in [1.29, 1.82) is 0 Å². The zero-order valence-corrected chi connectivity index (χ0v) is 15.5. The number of nitrogens with zero attached hydrogens (tertiary/aromatic N) is 3. The SMILES string of the molecule is COc1ccc(OC)c(/C=N/N2CCN(c3ccccc3OC)CC2)c1. The van der Waals surface area contributed by atoms with Crippen molar-refractivity contribution >= 4 is 11.9 Å². The number of hydrogen-bond acceptors (Lipinski definition) is 6. The Morgan fingerprint density at radius 3 is 2.27 bits per heavy atom. The van der Waals surface area contributed by atoms with Crippen molar-refractivity contribution < 1.29 is 14.2 Å². The Kier molecular flexibility index (Phi) is 5.84. The highest BCUT2D eigenvalue weighted by molar-refractivity contribution is 5.84. The van der Waals surface area contributed by atoms with E-state index in [4.69, 9.17) is 14.2 Å². The fourth-order valence-electron chi connectivity index (χ4n) is 3.03. The molecule has 6 heteroatoms. The summed E-state index contributed by atoms with van der Waals surface area (Å²) in [4.78, 5) is 2.33. The maximum atomic E-state index is 5.47. The smallest absolute Gasteiger partial charge is 0.142 e. The lowest BCUT2D eigenvalue weighted by Gasteiger charge is -2.35. The summed E-state index contributed by atoms with van der Waals surface area (Å²) < 4.78 is 16.1. The number of methoxy groups -OCH3 is 3. The molecule has 1 aliphatic rings. The van der Waals surface area contributed by atoms with Crippen LogP contribution in [0.5, 0.6) is 17.2 Å². The maximum absolute atomic E-state index is 5.47. The van der Waals surface area contributed by atoms with E-state index in [-0.39, 0.29) is 0 Å². The van der Waals surface area contributed by atoms with Gasteiger partial charge in [-0.1, -0.05) is 12.1 Å². The third kappa shape index (κ3) is 4.02. The molecule has 1 heterocycles. The van der Waals surface area contributed by atoms with E-state index in [2.05, 4.69) is 21.1 Å². The molecule has 0 amide bonds. The second-order valence-corrected chi connectivity index (χ2v) is 5.97. The minimum atomic E-state index is 0.780. The van der Waals surface area contributed by atoms with Gasteiger partial charge in [0, 0.05) is 18.7 Å². The third-order valence-corrected chi connectivity index (χ3v) is 4.48. The van der Waals surface area contributed by atoms with Gasteiger partial charge in [-0.15, -0.1) is 0 Å². The number of hydrazone groups is 1. The number of ether oxygens (including phenoxy) is 3. The van der Waals surface area contributed by atoms with Crippen LogP contribution in [0.4, 0.5) is 5.69 Å². The van der Waals surface area contributed by atoms with E-state index in [0.29, 0.717) is 0 Å². The van der Waals surface area contributed by atoms with Gasteiger partial charge in [-0.2, -0.15) is 5.10 Å². The van der Waals surface area contributed by atoms with Crippen molar-refractivity contribution in [3.8, 4) is 17.2 Å². The fraction of sp³-hybridized carbons (Fsp3) is 0.350. The van der Waals surface area contributed by atoms with Crippen LogP contribution in [-0.4, -0.2) is 58.7 Å². The van der Waals surface area contributed by atoms with Gasteiger partial charge in [0.15, 0.2) is 0 Å². The van der Waals surface area contributed by atoms with Crippen LogP contribution in [0.1, 0.15) is 5.56 Å². The van der Waals surface area contributed by atoms with Gasteiger partial charge in [0.05, 0.1) is 46.3 Å². The number of piperazine rings is 1. The van der Waals surface area contributed by atoms with E-state index < -0.39 is 0 Å². The van der Waals surface area contributed by atoms with E-state index in [1.165, 1.54) is 0 Å². The van der Waals surface area contributed by atoms with Crippen LogP contribution in [0.15, 0.2) is 47.6 Å². The lowest BCUT2D eigenvalue weighted by molar-refractivity contribution is 0.271. The molecule has 0 unspecified atom stereocenters. The highest BCUT2D eigenvalue weighted by Gasteiger charge is 2.18. The van der Waals surface area contributed by atoms with Gasteiger partial charge >= 0.3 is 0 Å². The Morgan fingerprint density at radius 2 is 1.58 bits per heavy atom. The largest absolute Gasteiger partial charge is 0.497 e. The molecule has 3 rings (SSSR count). The van der Waals surface area contributed by atoms with E-state index in [0.717, 1.165) is 54.7 Å². The number of para-hydroxylation sites is 2. The van der Waals surface area contributed by atoms with Gasteiger partial charge in [-0.05, 0) is 30.3 Å². The molecule has 0 atom stereocenters. The average Bonchev–Trinajstić information content (AvgIpc) is 2.72. The molecule has 2 aromatic carbocycles. The minimum absolute atomic E-state index is 0.780. The van der Waals surface area contributed by atoms with Crippen LogP contribution in [0.2, 0.25) is 0 Å². The van der Waals surface area contributed by atoms with Crippen LogP contribution >= 0.6 is 0 Å². The van der Waals surface area contributed by atoms with Crippen molar-refractivity contribution in [3.05, 3.63) is 48.0 Å². The Balaban J connectivity index is 1.65. The summed E-state index contributed by atoms with van der Waals surface area (Å²) in [5.41, 5.74) is 2.03. The van der Waals surface area contributed by atoms with Gasteiger partial charge in [-0.3, -0.25) is 5.01 Å². The molecular formula is C20H25N3O3.